The number of nitrogens with one attached hydrogen (secondary N) is 1. The van der Waals surface area contributed by atoms with Crippen molar-refractivity contribution in [1.29, 1.82) is 0 Å². The van der Waals surface area contributed by atoms with E-state index in [1.54, 1.807) is 0 Å². The van der Waals surface area contributed by atoms with E-state index in [9.17, 15) is 4.79 Å². The molecule has 1 N–H and O–H groups in total. The van der Waals surface area contributed by atoms with Crippen molar-refractivity contribution < 1.29 is 4.79 Å². The van der Waals surface area contributed by atoms with Gasteiger partial charge in [0.2, 0.25) is 16.0 Å². The Labute approximate surface area is 83.1 Å². The molecule has 5 heteroatoms. The number of rotatable bonds is 7. The molecule has 0 unspecified atom stereocenters. The molecule has 0 bridgehead atoms. The first-order valence-corrected chi connectivity index (χ1v) is 4.71. The van der Waals surface area contributed by atoms with Crippen molar-refractivity contribution in [3.63, 3.8) is 0 Å². The summed E-state index contributed by atoms with van der Waals surface area (Å²) in [5.41, 5.74) is 0. The molecular weight excluding hydrogens is 162 g/mol. The second-order valence-corrected chi connectivity index (χ2v) is 2.97. The Kier molecular flexibility index (Phi) is 7.89. The van der Waals surface area contributed by atoms with Gasteiger partial charge in [0.1, 0.15) is 0 Å². The van der Waals surface area contributed by atoms with E-state index in [0.29, 0.717) is 11.1 Å². The SMILES string of the molecule is [B]N([B])C(=O)CCCCCNCC. The summed E-state index contributed by atoms with van der Waals surface area (Å²) in [5, 5.41) is 3.21. The molecule has 0 aromatic heterocycles. The molecule has 13 heavy (non-hydrogen) atoms. The summed E-state index contributed by atoms with van der Waals surface area (Å²) in [6, 6.07) is 0. The molecule has 0 aliphatic carbocycles. The molecule has 70 valence electrons. The maximum absolute atomic E-state index is 10.9. The number of hydrogen-bond acceptors (Lipinski definition) is 2. The zero-order valence-corrected chi connectivity index (χ0v) is 8.25. The molecule has 0 aromatic rings. The van der Waals surface area contributed by atoms with Gasteiger partial charge in [0.15, 0.2) is 5.91 Å². The second kappa shape index (κ2) is 8.17. The van der Waals surface area contributed by atoms with E-state index in [-0.39, 0.29) is 5.91 Å². The van der Waals surface area contributed by atoms with E-state index in [0.717, 1.165) is 32.4 Å². The number of hydrogen-bond donors (Lipinski definition) is 1. The van der Waals surface area contributed by atoms with Crippen LogP contribution in [0.15, 0.2) is 0 Å². The van der Waals surface area contributed by atoms with Gasteiger partial charge in [0.05, 0.1) is 0 Å². The highest BCUT2D eigenvalue weighted by atomic mass is 16.2. The predicted molar refractivity (Wildman–Crippen MR) is 55.4 cm³/mol. The van der Waals surface area contributed by atoms with E-state index in [1.807, 2.05) is 0 Å². The third kappa shape index (κ3) is 7.91. The Balaban J connectivity index is 3.12. The molecule has 4 radical (unpaired) electrons. The first-order valence-electron chi connectivity index (χ1n) is 4.71. The third-order valence-corrected chi connectivity index (χ3v) is 1.78. The quantitative estimate of drug-likeness (QED) is 0.444. The largest absolute Gasteiger partial charge is 0.449 e. The number of nitrogens with zero attached hydrogens (tertiary/aromatic N) is 1. The summed E-state index contributed by atoms with van der Waals surface area (Å²) in [7, 11) is 10.1. The summed E-state index contributed by atoms with van der Waals surface area (Å²) < 4.78 is 0.657. The fourth-order valence-corrected chi connectivity index (χ4v) is 1.01. The molecule has 3 nitrogen and oxygen atoms in total. The van der Waals surface area contributed by atoms with Crippen LogP contribution < -0.4 is 5.32 Å². The van der Waals surface area contributed by atoms with Crippen molar-refractivity contribution in [2.24, 2.45) is 0 Å². The minimum absolute atomic E-state index is 0.205. The molecule has 1 amide bonds. The van der Waals surface area contributed by atoms with Gasteiger partial charge in [-0.3, -0.25) is 4.79 Å². The molecule has 0 saturated heterocycles. The van der Waals surface area contributed by atoms with Gasteiger partial charge < -0.3 is 10.0 Å². The van der Waals surface area contributed by atoms with Crippen molar-refractivity contribution in [2.45, 2.75) is 32.6 Å². The second-order valence-electron chi connectivity index (χ2n) is 2.97. The Morgan fingerprint density at radius 2 is 2.00 bits per heavy atom. The predicted octanol–water partition coefficient (Wildman–Crippen LogP) is 0.152. The summed E-state index contributed by atoms with van der Waals surface area (Å²) in [5.74, 6) is -0.205. The first kappa shape index (κ1) is 12.6. The van der Waals surface area contributed by atoms with Gasteiger partial charge in [-0.2, -0.15) is 0 Å². The fourth-order valence-electron chi connectivity index (χ4n) is 1.01. The third-order valence-electron chi connectivity index (χ3n) is 1.78. The summed E-state index contributed by atoms with van der Waals surface area (Å²) in [6.45, 7) is 4.09. The molecule has 0 rings (SSSR count). The highest BCUT2D eigenvalue weighted by Crippen LogP contribution is 2.00. The normalized spacial score (nSPS) is 9.92. The molecule has 0 heterocycles. The van der Waals surface area contributed by atoms with Crippen molar-refractivity contribution in [2.75, 3.05) is 13.1 Å². The summed E-state index contributed by atoms with van der Waals surface area (Å²) in [6.07, 6.45) is 3.43. The Morgan fingerprint density at radius 1 is 1.31 bits per heavy atom. The van der Waals surface area contributed by atoms with Crippen LogP contribution in [0.4, 0.5) is 0 Å². The zero-order valence-electron chi connectivity index (χ0n) is 8.25. The lowest BCUT2D eigenvalue weighted by Gasteiger charge is -2.10. The topological polar surface area (TPSA) is 32.3 Å². The fraction of sp³-hybridized carbons (Fsp3) is 0.875. The smallest absolute Gasteiger partial charge is 0.211 e. The van der Waals surface area contributed by atoms with Crippen LogP contribution in [0, 0.1) is 0 Å². The lowest BCUT2D eigenvalue weighted by molar-refractivity contribution is -0.123. The number of amides is 1. The van der Waals surface area contributed by atoms with Crippen LogP contribution in [0.5, 0.6) is 0 Å². The minimum Gasteiger partial charge on any atom is -0.449 e. The van der Waals surface area contributed by atoms with E-state index in [2.05, 4.69) is 12.2 Å². The average molecular weight is 178 g/mol. The van der Waals surface area contributed by atoms with E-state index in [1.165, 1.54) is 0 Å². The molecule has 0 spiro atoms. The lowest BCUT2D eigenvalue weighted by atomic mass is 10.1. The van der Waals surface area contributed by atoms with Gasteiger partial charge in [-0.25, -0.2) is 0 Å². The number of carbonyl (C=O) groups is 1. The zero-order chi connectivity index (χ0) is 10.1. The van der Waals surface area contributed by atoms with Crippen molar-refractivity contribution in [3.05, 3.63) is 0 Å². The number of carbonyl (C=O) groups excluding carboxylic acids is 1. The van der Waals surface area contributed by atoms with Crippen molar-refractivity contribution >= 4 is 21.9 Å². The lowest BCUT2D eigenvalue weighted by Crippen LogP contribution is -2.24. The van der Waals surface area contributed by atoms with E-state index in [4.69, 9.17) is 16.0 Å². The average Bonchev–Trinajstić information content (AvgIpc) is 2.10. The van der Waals surface area contributed by atoms with Crippen LogP contribution in [-0.4, -0.2) is 39.7 Å². The molecule has 0 atom stereocenters. The monoisotopic (exact) mass is 178 g/mol. The first-order chi connectivity index (χ1) is 6.18. The molecule has 0 saturated carbocycles. The van der Waals surface area contributed by atoms with Gasteiger partial charge in [0, 0.05) is 6.42 Å². The standard InChI is InChI=1S/C8H16B2N2O/c1-2-11-7-5-3-4-6-8(13)12(9)10/h11H,2-7H2,1H3. The Hall–Kier alpha value is -0.440. The maximum atomic E-state index is 10.9. The molecule has 0 aromatic carbocycles. The summed E-state index contributed by atoms with van der Waals surface area (Å²) in [4.78, 5) is 10.9. The van der Waals surface area contributed by atoms with Crippen LogP contribution in [0.3, 0.4) is 0 Å². The van der Waals surface area contributed by atoms with Crippen LogP contribution in [0.25, 0.3) is 0 Å². The van der Waals surface area contributed by atoms with Crippen LogP contribution in [0.1, 0.15) is 32.6 Å². The van der Waals surface area contributed by atoms with E-state index >= 15 is 0 Å². The maximum Gasteiger partial charge on any atom is 0.211 e. The minimum atomic E-state index is -0.205. The van der Waals surface area contributed by atoms with Gasteiger partial charge in [-0.05, 0) is 25.9 Å². The van der Waals surface area contributed by atoms with Crippen LogP contribution in [-0.2, 0) is 4.79 Å². The highest BCUT2D eigenvalue weighted by Gasteiger charge is 2.01. The Bertz CT molecular complexity index is 142. The Morgan fingerprint density at radius 3 is 2.54 bits per heavy atom. The van der Waals surface area contributed by atoms with Gasteiger partial charge >= 0.3 is 0 Å². The summed E-state index contributed by atoms with van der Waals surface area (Å²) >= 11 is 0. The molecule has 0 aliphatic rings. The van der Waals surface area contributed by atoms with Gasteiger partial charge in [-0.1, -0.05) is 13.3 Å². The molecular formula is C8H16B2N2O. The number of unbranched alkanes of at least 4 members (excludes halogenated alkanes) is 2. The van der Waals surface area contributed by atoms with E-state index < -0.39 is 0 Å². The van der Waals surface area contributed by atoms with Crippen molar-refractivity contribution in [3.8, 4) is 0 Å². The van der Waals surface area contributed by atoms with Crippen molar-refractivity contribution in [1.82, 2.24) is 10.0 Å². The van der Waals surface area contributed by atoms with Gasteiger partial charge in [0.25, 0.3) is 0 Å². The highest BCUT2D eigenvalue weighted by molar-refractivity contribution is 6.33. The molecule has 0 aliphatic heterocycles. The van der Waals surface area contributed by atoms with Gasteiger partial charge in [-0.15, -0.1) is 0 Å². The molecule has 0 fully saturated rings. The van der Waals surface area contributed by atoms with Crippen LogP contribution >= 0.6 is 0 Å². The van der Waals surface area contributed by atoms with Crippen LogP contribution in [0.2, 0.25) is 0 Å².